The van der Waals surface area contributed by atoms with E-state index in [1.54, 1.807) is 38.2 Å². The normalized spacial score (nSPS) is 10.4. The van der Waals surface area contributed by atoms with Gasteiger partial charge >= 0.3 is 0 Å². The maximum absolute atomic E-state index is 12.5. The summed E-state index contributed by atoms with van der Waals surface area (Å²) in [7, 11) is 1.67. The van der Waals surface area contributed by atoms with E-state index in [2.05, 4.69) is 0 Å². The van der Waals surface area contributed by atoms with E-state index >= 15 is 0 Å². The lowest BCUT2D eigenvalue weighted by Crippen LogP contribution is -2.29. The van der Waals surface area contributed by atoms with Crippen molar-refractivity contribution in [1.82, 2.24) is 4.90 Å². The molecule has 0 atom stereocenters. The summed E-state index contributed by atoms with van der Waals surface area (Å²) in [6.45, 7) is 2.49. The Morgan fingerprint density at radius 1 is 1.28 bits per heavy atom. The summed E-state index contributed by atoms with van der Waals surface area (Å²) in [5.74, 6) is 0.431. The molecule has 0 aliphatic rings. The van der Waals surface area contributed by atoms with Gasteiger partial charge in [0.25, 0.3) is 11.6 Å². The zero-order valence-corrected chi connectivity index (χ0v) is 14.8. The van der Waals surface area contributed by atoms with Gasteiger partial charge in [-0.05, 0) is 37.6 Å². The Labute approximate surface area is 151 Å². The topological polar surface area (TPSA) is 72.7 Å². The molecule has 6 nitrogen and oxygen atoms in total. The van der Waals surface area contributed by atoms with Gasteiger partial charge in [0.1, 0.15) is 5.75 Å². The van der Waals surface area contributed by atoms with Crippen molar-refractivity contribution in [1.29, 1.82) is 0 Å². The SMILES string of the molecule is Cc1c(C(=O)N(C)CCCOc2cccc(Cl)c2)cccc1[N+](=O)[O-]. The molecular formula is C18H19ClN2O4. The lowest BCUT2D eigenvalue weighted by molar-refractivity contribution is -0.385. The molecule has 0 aromatic heterocycles. The molecule has 0 spiro atoms. The van der Waals surface area contributed by atoms with Crippen LogP contribution in [0.1, 0.15) is 22.3 Å². The van der Waals surface area contributed by atoms with Gasteiger partial charge in [-0.1, -0.05) is 23.7 Å². The summed E-state index contributed by atoms with van der Waals surface area (Å²) in [6, 6.07) is 11.6. The minimum Gasteiger partial charge on any atom is -0.493 e. The van der Waals surface area contributed by atoms with E-state index in [9.17, 15) is 14.9 Å². The molecule has 0 bridgehead atoms. The zero-order chi connectivity index (χ0) is 18.4. The molecule has 132 valence electrons. The Morgan fingerprint density at radius 3 is 2.68 bits per heavy atom. The van der Waals surface area contributed by atoms with Crippen LogP contribution in [0.4, 0.5) is 5.69 Å². The maximum atomic E-state index is 12.5. The van der Waals surface area contributed by atoms with Crippen molar-refractivity contribution in [3.05, 3.63) is 68.7 Å². The summed E-state index contributed by atoms with van der Waals surface area (Å²) < 4.78 is 5.59. The van der Waals surface area contributed by atoms with E-state index in [0.29, 0.717) is 41.5 Å². The highest BCUT2D eigenvalue weighted by molar-refractivity contribution is 6.30. The average Bonchev–Trinajstić information content (AvgIpc) is 2.58. The van der Waals surface area contributed by atoms with E-state index in [4.69, 9.17) is 16.3 Å². The number of halogens is 1. The first-order valence-corrected chi connectivity index (χ1v) is 8.16. The third-order valence-electron chi connectivity index (χ3n) is 3.78. The minimum atomic E-state index is -0.481. The van der Waals surface area contributed by atoms with Crippen molar-refractivity contribution < 1.29 is 14.5 Å². The molecule has 7 heteroatoms. The maximum Gasteiger partial charge on any atom is 0.273 e. The number of amides is 1. The van der Waals surface area contributed by atoms with Crippen LogP contribution in [-0.2, 0) is 0 Å². The fourth-order valence-corrected chi connectivity index (χ4v) is 2.59. The summed E-state index contributed by atoms with van der Waals surface area (Å²) in [5.41, 5.74) is 0.663. The molecule has 0 heterocycles. The molecule has 0 saturated carbocycles. The summed E-state index contributed by atoms with van der Waals surface area (Å²) in [5, 5.41) is 11.6. The second-order valence-electron chi connectivity index (χ2n) is 5.59. The molecule has 0 fully saturated rings. The van der Waals surface area contributed by atoms with Crippen LogP contribution in [0.15, 0.2) is 42.5 Å². The third kappa shape index (κ3) is 4.93. The van der Waals surface area contributed by atoms with Crippen LogP contribution in [-0.4, -0.2) is 35.9 Å². The number of carbonyl (C=O) groups is 1. The number of hydrogen-bond acceptors (Lipinski definition) is 4. The Hall–Kier alpha value is -2.60. The average molecular weight is 363 g/mol. The van der Waals surface area contributed by atoms with Crippen molar-refractivity contribution in [2.75, 3.05) is 20.2 Å². The van der Waals surface area contributed by atoms with Crippen molar-refractivity contribution in [3.8, 4) is 5.75 Å². The Kier molecular flexibility index (Phi) is 6.36. The number of nitro groups is 1. The van der Waals surface area contributed by atoms with Gasteiger partial charge < -0.3 is 9.64 Å². The van der Waals surface area contributed by atoms with Gasteiger partial charge in [0.05, 0.1) is 11.5 Å². The molecule has 0 aliphatic carbocycles. The van der Waals surface area contributed by atoms with E-state index < -0.39 is 4.92 Å². The second-order valence-corrected chi connectivity index (χ2v) is 6.03. The van der Waals surface area contributed by atoms with E-state index in [0.717, 1.165) is 0 Å². The number of benzene rings is 2. The van der Waals surface area contributed by atoms with Crippen LogP contribution < -0.4 is 4.74 Å². The molecule has 1 amide bonds. The number of nitro benzene ring substituents is 1. The molecule has 2 rings (SSSR count). The minimum absolute atomic E-state index is 0.0523. The lowest BCUT2D eigenvalue weighted by atomic mass is 10.1. The van der Waals surface area contributed by atoms with Gasteiger partial charge in [-0.3, -0.25) is 14.9 Å². The number of rotatable bonds is 7. The van der Waals surface area contributed by atoms with Crippen molar-refractivity contribution in [2.45, 2.75) is 13.3 Å². The van der Waals surface area contributed by atoms with Crippen LogP contribution in [0.5, 0.6) is 5.75 Å². The molecule has 0 radical (unpaired) electrons. The first kappa shape index (κ1) is 18.7. The van der Waals surface area contributed by atoms with Crippen LogP contribution in [0.2, 0.25) is 5.02 Å². The fourth-order valence-electron chi connectivity index (χ4n) is 2.41. The van der Waals surface area contributed by atoms with E-state index in [-0.39, 0.29) is 11.6 Å². The van der Waals surface area contributed by atoms with Crippen molar-refractivity contribution in [2.24, 2.45) is 0 Å². The molecule has 0 N–H and O–H groups in total. The predicted molar refractivity (Wildman–Crippen MR) is 96.4 cm³/mol. The third-order valence-corrected chi connectivity index (χ3v) is 4.02. The monoisotopic (exact) mass is 362 g/mol. The molecule has 25 heavy (non-hydrogen) atoms. The first-order valence-electron chi connectivity index (χ1n) is 7.78. The number of ether oxygens (including phenoxy) is 1. The van der Waals surface area contributed by atoms with Gasteiger partial charge in [-0.25, -0.2) is 0 Å². The highest BCUT2D eigenvalue weighted by Crippen LogP contribution is 2.22. The molecule has 2 aromatic rings. The van der Waals surface area contributed by atoms with Gasteiger partial charge in [-0.2, -0.15) is 0 Å². The smallest absolute Gasteiger partial charge is 0.273 e. The summed E-state index contributed by atoms with van der Waals surface area (Å²) in [6.07, 6.45) is 0.628. The number of nitrogens with zero attached hydrogens (tertiary/aromatic N) is 2. The standard InChI is InChI=1S/C18H19ClN2O4/c1-13-16(8-4-9-17(13)21(23)24)18(22)20(2)10-5-11-25-15-7-3-6-14(19)12-15/h3-4,6-9,12H,5,10-11H2,1-2H3. The van der Waals surface area contributed by atoms with Crippen LogP contribution in [0.3, 0.4) is 0 Å². The number of carbonyl (C=O) groups excluding carboxylic acids is 1. The van der Waals surface area contributed by atoms with Crippen molar-refractivity contribution in [3.63, 3.8) is 0 Å². The quantitative estimate of drug-likeness (QED) is 0.422. The first-order chi connectivity index (χ1) is 11.9. The highest BCUT2D eigenvalue weighted by Gasteiger charge is 2.20. The zero-order valence-electron chi connectivity index (χ0n) is 14.1. The van der Waals surface area contributed by atoms with Gasteiger partial charge in [-0.15, -0.1) is 0 Å². The Balaban J connectivity index is 1.90. The molecule has 0 unspecified atom stereocenters. The number of hydrogen-bond donors (Lipinski definition) is 0. The summed E-state index contributed by atoms with van der Waals surface area (Å²) >= 11 is 5.89. The molecular weight excluding hydrogens is 344 g/mol. The van der Waals surface area contributed by atoms with Crippen molar-refractivity contribution >= 4 is 23.2 Å². The highest BCUT2D eigenvalue weighted by atomic mass is 35.5. The second kappa shape index (κ2) is 8.48. The molecule has 0 saturated heterocycles. The Morgan fingerprint density at radius 2 is 2.00 bits per heavy atom. The van der Waals surface area contributed by atoms with E-state index in [1.807, 2.05) is 6.07 Å². The predicted octanol–water partition coefficient (Wildman–Crippen LogP) is 4.10. The fraction of sp³-hybridized carbons (Fsp3) is 0.278. The molecule has 0 aliphatic heterocycles. The largest absolute Gasteiger partial charge is 0.493 e. The summed E-state index contributed by atoms with van der Waals surface area (Å²) in [4.78, 5) is 24.5. The molecule has 2 aromatic carbocycles. The van der Waals surface area contributed by atoms with Gasteiger partial charge in [0.2, 0.25) is 0 Å². The van der Waals surface area contributed by atoms with Gasteiger partial charge in [0.15, 0.2) is 0 Å². The van der Waals surface area contributed by atoms with Crippen LogP contribution in [0.25, 0.3) is 0 Å². The van der Waals surface area contributed by atoms with Gasteiger partial charge in [0, 0.05) is 35.8 Å². The van der Waals surface area contributed by atoms with Crippen LogP contribution in [0, 0.1) is 17.0 Å². The Bertz CT molecular complexity index is 779. The van der Waals surface area contributed by atoms with Crippen LogP contribution >= 0.6 is 11.6 Å². The van der Waals surface area contributed by atoms with E-state index in [1.165, 1.54) is 17.0 Å². The lowest BCUT2D eigenvalue weighted by Gasteiger charge is -2.18.